The molecule has 4 nitrogen and oxygen atoms in total. The number of hydrogen-bond donors (Lipinski definition) is 2. The van der Waals surface area contributed by atoms with E-state index in [4.69, 9.17) is 11.6 Å². The second-order valence-electron chi connectivity index (χ2n) is 4.66. The van der Waals surface area contributed by atoms with Gasteiger partial charge in [0, 0.05) is 6.54 Å². The molecule has 0 radical (unpaired) electrons. The lowest BCUT2D eigenvalue weighted by atomic mass is 10.2. The molecule has 0 fully saturated rings. The van der Waals surface area contributed by atoms with E-state index in [9.17, 15) is 4.79 Å². The van der Waals surface area contributed by atoms with Gasteiger partial charge in [0.25, 0.3) is 0 Å². The predicted molar refractivity (Wildman–Crippen MR) is 81.0 cm³/mol. The third kappa shape index (κ3) is 3.81. The molecule has 0 saturated carbocycles. The topological polar surface area (TPSA) is 54.0 Å². The minimum Gasteiger partial charge on any atom is -0.354 e. The van der Waals surface area contributed by atoms with E-state index in [0.717, 1.165) is 10.2 Å². The Morgan fingerprint density at radius 1 is 1.47 bits per heavy atom. The van der Waals surface area contributed by atoms with Crippen molar-refractivity contribution in [1.82, 2.24) is 10.3 Å². The van der Waals surface area contributed by atoms with Crippen molar-refractivity contribution in [1.29, 1.82) is 0 Å². The van der Waals surface area contributed by atoms with Crippen LogP contribution in [0.2, 0.25) is 5.02 Å². The first-order valence-electron chi connectivity index (χ1n) is 6.12. The van der Waals surface area contributed by atoms with E-state index < -0.39 is 0 Å². The van der Waals surface area contributed by atoms with Crippen LogP contribution in [0, 0.1) is 5.92 Å². The van der Waals surface area contributed by atoms with E-state index in [1.807, 2.05) is 18.2 Å². The number of halogens is 1. The van der Waals surface area contributed by atoms with Gasteiger partial charge in [-0.05, 0) is 18.1 Å². The highest BCUT2D eigenvalue weighted by molar-refractivity contribution is 7.22. The van der Waals surface area contributed by atoms with Gasteiger partial charge < -0.3 is 10.6 Å². The first-order chi connectivity index (χ1) is 9.06. The average Bonchev–Trinajstić information content (AvgIpc) is 2.78. The molecular weight excluding hydrogens is 282 g/mol. The van der Waals surface area contributed by atoms with Gasteiger partial charge in [-0.25, -0.2) is 4.98 Å². The summed E-state index contributed by atoms with van der Waals surface area (Å²) in [5.74, 6) is 0.421. The maximum absolute atomic E-state index is 11.6. The van der Waals surface area contributed by atoms with E-state index in [-0.39, 0.29) is 12.5 Å². The second-order valence-corrected chi connectivity index (χ2v) is 6.06. The maximum Gasteiger partial charge on any atom is 0.239 e. The fraction of sp³-hybridized carbons (Fsp3) is 0.385. The number of amides is 1. The maximum atomic E-state index is 11.6. The molecule has 0 unspecified atom stereocenters. The van der Waals surface area contributed by atoms with Crippen LogP contribution in [-0.2, 0) is 4.79 Å². The van der Waals surface area contributed by atoms with Crippen LogP contribution in [0.1, 0.15) is 13.8 Å². The molecule has 0 saturated heterocycles. The number of rotatable bonds is 5. The summed E-state index contributed by atoms with van der Waals surface area (Å²) in [4.78, 5) is 16.0. The Bertz CT molecular complexity index is 582. The highest BCUT2D eigenvalue weighted by Gasteiger charge is 2.08. The van der Waals surface area contributed by atoms with Crippen molar-refractivity contribution < 1.29 is 4.79 Å². The van der Waals surface area contributed by atoms with E-state index in [1.54, 1.807) is 0 Å². The Morgan fingerprint density at radius 2 is 2.26 bits per heavy atom. The van der Waals surface area contributed by atoms with E-state index >= 15 is 0 Å². The minimum atomic E-state index is -0.0287. The zero-order chi connectivity index (χ0) is 13.8. The first-order valence-corrected chi connectivity index (χ1v) is 7.31. The lowest BCUT2D eigenvalue weighted by Crippen LogP contribution is -2.32. The molecule has 1 amide bonds. The van der Waals surface area contributed by atoms with Gasteiger partial charge in [0.05, 0.1) is 21.8 Å². The molecule has 1 heterocycles. The van der Waals surface area contributed by atoms with E-state index in [2.05, 4.69) is 29.5 Å². The SMILES string of the molecule is CC(C)CNC(=O)CNc1nc2cccc(Cl)c2s1. The fourth-order valence-corrected chi connectivity index (χ4v) is 2.68. The van der Waals surface area contributed by atoms with Crippen LogP contribution < -0.4 is 10.6 Å². The number of fused-ring (bicyclic) bond motifs is 1. The molecule has 0 aliphatic rings. The molecule has 19 heavy (non-hydrogen) atoms. The summed E-state index contributed by atoms with van der Waals surface area (Å²) in [5.41, 5.74) is 0.850. The van der Waals surface area contributed by atoms with Crippen LogP contribution in [0.3, 0.4) is 0 Å². The van der Waals surface area contributed by atoms with Gasteiger partial charge in [0.2, 0.25) is 5.91 Å². The molecule has 0 atom stereocenters. The summed E-state index contributed by atoms with van der Waals surface area (Å²) in [6.45, 7) is 5.03. The standard InChI is InChI=1S/C13H16ClN3OS/c1-8(2)6-15-11(18)7-16-13-17-10-5-3-4-9(14)12(10)19-13/h3-5,8H,6-7H2,1-2H3,(H,15,18)(H,16,17). The molecule has 0 aliphatic heterocycles. The Kier molecular flexibility index (Phi) is 4.61. The molecule has 0 spiro atoms. The van der Waals surface area contributed by atoms with E-state index in [0.29, 0.717) is 22.6 Å². The Labute approximate surface area is 121 Å². The van der Waals surface area contributed by atoms with Gasteiger partial charge in [-0.2, -0.15) is 0 Å². The molecular formula is C13H16ClN3OS. The second kappa shape index (κ2) is 6.21. The Morgan fingerprint density at radius 3 is 2.95 bits per heavy atom. The summed E-state index contributed by atoms with van der Waals surface area (Å²) in [5, 5.41) is 7.27. The molecule has 1 aromatic carbocycles. The van der Waals surface area contributed by atoms with Crippen LogP contribution in [0.5, 0.6) is 0 Å². The van der Waals surface area contributed by atoms with Gasteiger partial charge in [0.15, 0.2) is 5.13 Å². The molecule has 1 aromatic heterocycles. The van der Waals surface area contributed by atoms with Gasteiger partial charge in [-0.15, -0.1) is 0 Å². The molecule has 2 rings (SSSR count). The third-order valence-electron chi connectivity index (χ3n) is 2.47. The van der Waals surface area contributed by atoms with E-state index in [1.165, 1.54) is 11.3 Å². The minimum absolute atomic E-state index is 0.0287. The van der Waals surface area contributed by atoms with Crippen molar-refractivity contribution in [3.63, 3.8) is 0 Å². The number of carbonyl (C=O) groups excluding carboxylic acids is 1. The van der Waals surface area contributed by atoms with Crippen molar-refractivity contribution in [2.75, 3.05) is 18.4 Å². The summed E-state index contributed by atoms with van der Waals surface area (Å²) < 4.78 is 0.939. The lowest BCUT2D eigenvalue weighted by Gasteiger charge is -2.07. The smallest absolute Gasteiger partial charge is 0.239 e. The molecule has 6 heteroatoms. The van der Waals surface area contributed by atoms with Crippen LogP contribution in [-0.4, -0.2) is 24.0 Å². The average molecular weight is 298 g/mol. The van der Waals surface area contributed by atoms with Crippen molar-refractivity contribution in [2.45, 2.75) is 13.8 Å². The van der Waals surface area contributed by atoms with Gasteiger partial charge in [-0.1, -0.05) is 42.9 Å². The predicted octanol–water partition coefficient (Wildman–Crippen LogP) is 3.13. The van der Waals surface area contributed by atoms with Crippen molar-refractivity contribution in [3.05, 3.63) is 23.2 Å². The van der Waals surface area contributed by atoms with Gasteiger partial charge >= 0.3 is 0 Å². The van der Waals surface area contributed by atoms with Crippen molar-refractivity contribution >= 4 is 44.2 Å². The Hall–Kier alpha value is -1.33. The molecule has 2 N–H and O–H groups in total. The molecule has 0 bridgehead atoms. The summed E-state index contributed by atoms with van der Waals surface area (Å²) in [6.07, 6.45) is 0. The number of aromatic nitrogens is 1. The zero-order valence-electron chi connectivity index (χ0n) is 10.9. The molecule has 2 aromatic rings. The number of benzene rings is 1. The van der Waals surface area contributed by atoms with Crippen molar-refractivity contribution in [3.8, 4) is 0 Å². The highest BCUT2D eigenvalue weighted by atomic mass is 35.5. The van der Waals surface area contributed by atoms with Gasteiger partial charge in [-0.3, -0.25) is 4.79 Å². The summed E-state index contributed by atoms with van der Waals surface area (Å²) in [7, 11) is 0. The number of thiazole rings is 1. The van der Waals surface area contributed by atoms with Crippen molar-refractivity contribution in [2.24, 2.45) is 5.92 Å². The number of hydrogen-bond acceptors (Lipinski definition) is 4. The lowest BCUT2D eigenvalue weighted by molar-refractivity contribution is -0.119. The number of nitrogens with zero attached hydrogens (tertiary/aromatic N) is 1. The Balaban J connectivity index is 1.95. The summed E-state index contributed by atoms with van der Waals surface area (Å²) in [6, 6.07) is 5.60. The number of carbonyl (C=O) groups is 1. The largest absolute Gasteiger partial charge is 0.354 e. The summed E-state index contributed by atoms with van der Waals surface area (Å²) >= 11 is 7.54. The fourth-order valence-electron chi connectivity index (χ4n) is 1.53. The van der Waals surface area contributed by atoms with Crippen LogP contribution in [0.15, 0.2) is 18.2 Å². The van der Waals surface area contributed by atoms with Crippen LogP contribution >= 0.6 is 22.9 Å². The van der Waals surface area contributed by atoms with Crippen LogP contribution in [0.4, 0.5) is 5.13 Å². The number of anilines is 1. The first kappa shape index (κ1) is 14.1. The number of nitrogens with one attached hydrogen (secondary N) is 2. The van der Waals surface area contributed by atoms with Gasteiger partial charge in [0.1, 0.15) is 0 Å². The quantitative estimate of drug-likeness (QED) is 0.891. The molecule has 0 aliphatic carbocycles. The molecule has 102 valence electrons. The highest BCUT2D eigenvalue weighted by Crippen LogP contribution is 2.31. The zero-order valence-corrected chi connectivity index (χ0v) is 12.4. The monoisotopic (exact) mass is 297 g/mol. The third-order valence-corrected chi connectivity index (χ3v) is 3.96. The normalized spacial score (nSPS) is 10.9. The van der Waals surface area contributed by atoms with Crippen LogP contribution in [0.25, 0.3) is 10.2 Å².